The first-order valence-electron chi connectivity index (χ1n) is 7.69. The second-order valence-electron chi connectivity index (χ2n) is 5.58. The summed E-state index contributed by atoms with van der Waals surface area (Å²) in [6.45, 7) is -0.437. The van der Waals surface area contributed by atoms with Crippen molar-refractivity contribution in [3.05, 3.63) is 68.8 Å². The Labute approximate surface area is 169 Å². The van der Waals surface area contributed by atoms with E-state index in [1.54, 1.807) is 42.5 Å². The summed E-state index contributed by atoms with van der Waals surface area (Å²) in [7, 11) is 0. The third kappa shape index (κ3) is 4.42. The van der Waals surface area contributed by atoms with E-state index in [0.717, 1.165) is 4.90 Å². The Hall–Kier alpha value is -2.54. The van der Waals surface area contributed by atoms with Crippen molar-refractivity contribution in [3.8, 4) is 0 Å². The van der Waals surface area contributed by atoms with Crippen molar-refractivity contribution in [1.82, 2.24) is 10.2 Å². The van der Waals surface area contributed by atoms with E-state index in [9.17, 15) is 14.4 Å². The maximum absolute atomic E-state index is 12.4. The number of halogens is 3. The van der Waals surface area contributed by atoms with Gasteiger partial charge in [-0.3, -0.25) is 9.59 Å². The lowest BCUT2D eigenvalue weighted by Gasteiger charge is -2.12. The summed E-state index contributed by atoms with van der Waals surface area (Å²) in [5, 5.41) is 6.12. The summed E-state index contributed by atoms with van der Waals surface area (Å²) >= 11 is 17.8. The lowest BCUT2D eigenvalue weighted by Crippen LogP contribution is -2.38. The molecule has 27 heavy (non-hydrogen) atoms. The predicted octanol–water partition coefficient (Wildman–Crippen LogP) is 4.18. The van der Waals surface area contributed by atoms with Crippen LogP contribution in [0.1, 0.15) is 5.56 Å². The predicted molar refractivity (Wildman–Crippen MR) is 105 cm³/mol. The van der Waals surface area contributed by atoms with E-state index in [0.29, 0.717) is 21.3 Å². The number of rotatable bonds is 4. The second-order valence-corrected chi connectivity index (χ2v) is 6.80. The van der Waals surface area contributed by atoms with Gasteiger partial charge in [0.25, 0.3) is 5.91 Å². The first-order valence-corrected chi connectivity index (χ1v) is 8.82. The van der Waals surface area contributed by atoms with Crippen LogP contribution in [0.5, 0.6) is 0 Å². The Morgan fingerprint density at radius 2 is 1.78 bits per heavy atom. The van der Waals surface area contributed by atoms with Gasteiger partial charge in [0.05, 0.1) is 10.0 Å². The zero-order chi connectivity index (χ0) is 19.6. The fraction of sp³-hybridized carbons (Fsp3) is 0.0556. The molecule has 0 aliphatic carbocycles. The first-order chi connectivity index (χ1) is 12.8. The molecular weight excluding hydrogens is 413 g/mol. The Morgan fingerprint density at radius 1 is 1.07 bits per heavy atom. The maximum Gasteiger partial charge on any atom is 0.329 e. The van der Waals surface area contributed by atoms with Gasteiger partial charge >= 0.3 is 6.03 Å². The molecule has 1 fully saturated rings. The summed E-state index contributed by atoms with van der Waals surface area (Å²) in [5.41, 5.74) is 0.974. The number of imide groups is 1. The minimum Gasteiger partial charge on any atom is -0.325 e. The van der Waals surface area contributed by atoms with Gasteiger partial charge in [-0.2, -0.15) is 0 Å². The van der Waals surface area contributed by atoms with E-state index >= 15 is 0 Å². The standard InChI is InChI=1S/C18H12Cl3N3O3/c19-11-4-6-12(7-5-11)22-15(25)9-24-17(26)14(23-18(24)27)8-10-2-1-3-13(20)16(10)21/h1-8H,9H2,(H,22,25)(H,23,27)/b14-8-. The number of benzene rings is 2. The fourth-order valence-corrected chi connectivity index (χ4v) is 2.87. The minimum atomic E-state index is -0.698. The lowest BCUT2D eigenvalue weighted by molar-refractivity contribution is -0.127. The molecule has 0 saturated carbocycles. The van der Waals surface area contributed by atoms with Gasteiger partial charge in [0.2, 0.25) is 5.91 Å². The number of anilines is 1. The number of amides is 4. The first kappa shape index (κ1) is 19.2. The van der Waals surface area contributed by atoms with Crippen LogP contribution >= 0.6 is 34.8 Å². The van der Waals surface area contributed by atoms with Crippen LogP contribution in [0.4, 0.5) is 10.5 Å². The van der Waals surface area contributed by atoms with Crippen LogP contribution in [-0.2, 0) is 9.59 Å². The van der Waals surface area contributed by atoms with Crippen molar-refractivity contribution < 1.29 is 14.4 Å². The highest BCUT2D eigenvalue weighted by atomic mass is 35.5. The highest BCUT2D eigenvalue weighted by molar-refractivity contribution is 6.43. The van der Waals surface area contributed by atoms with Crippen LogP contribution in [0.2, 0.25) is 15.1 Å². The van der Waals surface area contributed by atoms with Gasteiger partial charge in [0.1, 0.15) is 12.2 Å². The van der Waals surface area contributed by atoms with E-state index in [-0.39, 0.29) is 10.7 Å². The van der Waals surface area contributed by atoms with Gasteiger partial charge in [-0.15, -0.1) is 0 Å². The Balaban J connectivity index is 1.72. The highest BCUT2D eigenvalue weighted by Crippen LogP contribution is 2.27. The molecule has 0 spiro atoms. The molecule has 1 aliphatic heterocycles. The molecule has 2 aromatic carbocycles. The van der Waals surface area contributed by atoms with Crippen LogP contribution in [-0.4, -0.2) is 29.3 Å². The third-order valence-corrected chi connectivity index (χ3v) is 4.76. The molecule has 0 unspecified atom stereocenters. The van der Waals surface area contributed by atoms with E-state index in [4.69, 9.17) is 34.8 Å². The monoisotopic (exact) mass is 423 g/mol. The Morgan fingerprint density at radius 3 is 2.48 bits per heavy atom. The van der Waals surface area contributed by atoms with Crippen molar-refractivity contribution >= 4 is 64.4 Å². The van der Waals surface area contributed by atoms with E-state index in [2.05, 4.69) is 10.6 Å². The smallest absolute Gasteiger partial charge is 0.325 e. The number of urea groups is 1. The fourth-order valence-electron chi connectivity index (χ4n) is 2.38. The van der Waals surface area contributed by atoms with Crippen molar-refractivity contribution in [2.75, 3.05) is 11.9 Å². The molecule has 9 heteroatoms. The van der Waals surface area contributed by atoms with Gasteiger partial charge in [-0.05, 0) is 42.0 Å². The van der Waals surface area contributed by atoms with Crippen molar-refractivity contribution in [1.29, 1.82) is 0 Å². The third-order valence-electron chi connectivity index (χ3n) is 3.67. The topological polar surface area (TPSA) is 78.5 Å². The van der Waals surface area contributed by atoms with E-state index < -0.39 is 24.4 Å². The van der Waals surface area contributed by atoms with E-state index in [1.807, 2.05) is 0 Å². The molecule has 0 bridgehead atoms. The molecule has 1 aliphatic rings. The van der Waals surface area contributed by atoms with Crippen molar-refractivity contribution in [2.24, 2.45) is 0 Å². The lowest BCUT2D eigenvalue weighted by atomic mass is 10.2. The molecule has 0 atom stereocenters. The van der Waals surface area contributed by atoms with Gasteiger partial charge in [0.15, 0.2) is 0 Å². The summed E-state index contributed by atoms with van der Waals surface area (Å²) in [5.74, 6) is -1.16. The van der Waals surface area contributed by atoms with Gasteiger partial charge in [-0.1, -0.05) is 46.9 Å². The quantitative estimate of drug-likeness (QED) is 0.571. The molecule has 4 amide bonds. The molecule has 3 rings (SSSR count). The largest absolute Gasteiger partial charge is 0.329 e. The number of carbonyl (C=O) groups is 3. The zero-order valence-electron chi connectivity index (χ0n) is 13.6. The average molecular weight is 425 g/mol. The molecule has 2 N–H and O–H groups in total. The molecule has 1 heterocycles. The van der Waals surface area contributed by atoms with Gasteiger partial charge in [0, 0.05) is 10.7 Å². The summed E-state index contributed by atoms with van der Waals surface area (Å²) < 4.78 is 0. The summed E-state index contributed by atoms with van der Waals surface area (Å²) in [4.78, 5) is 37.4. The van der Waals surface area contributed by atoms with Crippen LogP contribution in [0.15, 0.2) is 48.2 Å². The molecule has 2 aromatic rings. The average Bonchev–Trinajstić information content (AvgIpc) is 2.88. The van der Waals surface area contributed by atoms with Crippen molar-refractivity contribution in [3.63, 3.8) is 0 Å². The van der Waals surface area contributed by atoms with Gasteiger partial charge in [-0.25, -0.2) is 9.69 Å². The maximum atomic E-state index is 12.4. The number of carbonyl (C=O) groups excluding carboxylic acids is 3. The highest BCUT2D eigenvalue weighted by Gasteiger charge is 2.35. The summed E-state index contributed by atoms with van der Waals surface area (Å²) in [6, 6.07) is 10.7. The SMILES string of the molecule is O=C(CN1C(=O)N/C(=C\c2cccc(Cl)c2Cl)C1=O)Nc1ccc(Cl)cc1. The molecular formula is C18H12Cl3N3O3. The minimum absolute atomic E-state index is 0.00320. The van der Waals surface area contributed by atoms with E-state index in [1.165, 1.54) is 6.08 Å². The normalized spacial score (nSPS) is 15.2. The number of nitrogens with zero attached hydrogens (tertiary/aromatic N) is 1. The molecule has 0 radical (unpaired) electrons. The van der Waals surface area contributed by atoms with Crippen LogP contribution < -0.4 is 10.6 Å². The van der Waals surface area contributed by atoms with Gasteiger partial charge < -0.3 is 10.6 Å². The molecule has 6 nitrogen and oxygen atoms in total. The summed E-state index contributed by atoms with van der Waals surface area (Å²) in [6.07, 6.45) is 1.41. The van der Waals surface area contributed by atoms with Crippen LogP contribution in [0.25, 0.3) is 6.08 Å². The second kappa shape index (κ2) is 8.00. The molecule has 138 valence electrons. The molecule has 0 aromatic heterocycles. The Kier molecular flexibility index (Phi) is 5.70. The Bertz CT molecular complexity index is 958. The van der Waals surface area contributed by atoms with Crippen molar-refractivity contribution in [2.45, 2.75) is 0 Å². The number of hydrogen-bond acceptors (Lipinski definition) is 3. The zero-order valence-corrected chi connectivity index (χ0v) is 15.9. The van der Waals surface area contributed by atoms with Crippen LogP contribution in [0.3, 0.4) is 0 Å². The number of nitrogens with one attached hydrogen (secondary N) is 2. The molecule has 1 saturated heterocycles. The van der Waals surface area contributed by atoms with Crippen LogP contribution in [0, 0.1) is 0 Å². The number of hydrogen-bond donors (Lipinski definition) is 2.